The first-order chi connectivity index (χ1) is 14.6. The van der Waals surface area contributed by atoms with Gasteiger partial charge in [-0.2, -0.15) is 0 Å². The molecule has 0 spiro atoms. The van der Waals surface area contributed by atoms with Gasteiger partial charge in [0.1, 0.15) is 0 Å². The minimum absolute atomic E-state index is 0.0798. The van der Waals surface area contributed by atoms with E-state index in [0.717, 1.165) is 13.8 Å². The van der Waals surface area contributed by atoms with Crippen LogP contribution in [-0.2, 0) is 38.4 Å². The van der Waals surface area contributed by atoms with Crippen molar-refractivity contribution in [3.63, 3.8) is 0 Å². The standard InChI is InChI=1S/C20H14O10S/c1-9(21)27-19-15-11(17(23)29-19)5-3-7-13(15)31(25,26)14-8-4-6-12-16(14)20(28-10(2)22)30-18(12)24/h3-8,19-20H,1-2H3. The number of ether oxygens (including phenoxy) is 4. The van der Waals surface area contributed by atoms with Crippen LogP contribution in [0.1, 0.15) is 58.3 Å². The summed E-state index contributed by atoms with van der Waals surface area (Å²) in [5, 5.41) is 0. The number of benzene rings is 2. The summed E-state index contributed by atoms with van der Waals surface area (Å²) in [5.74, 6) is -3.28. The summed E-state index contributed by atoms with van der Waals surface area (Å²) >= 11 is 0. The maximum atomic E-state index is 13.6. The van der Waals surface area contributed by atoms with Gasteiger partial charge < -0.3 is 18.9 Å². The van der Waals surface area contributed by atoms with Crippen molar-refractivity contribution < 1.29 is 46.5 Å². The third-order valence-corrected chi connectivity index (χ3v) is 6.47. The summed E-state index contributed by atoms with van der Waals surface area (Å²) in [7, 11) is -4.42. The van der Waals surface area contributed by atoms with Crippen LogP contribution in [0.3, 0.4) is 0 Å². The zero-order chi connectivity index (χ0) is 22.5. The predicted octanol–water partition coefficient (Wildman–Crippen LogP) is 1.98. The summed E-state index contributed by atoms with van der Waals surface area (Å²) in [6.07, 6.45) is -3.10. The molecule has 0 N–H and O–H groups in total. The van der Waals surface area contributed by atoms with Crippen LogP contribution in [0, 0.1) is 0 Å². The molecule has 2 unspecified atom stereocenters. The van der Waals surface area contributed by atoms with E-state index in [1.165, 1.54) is 36.4 Å². The summed E-state index contributed by atoms with van der Waals surface area (Å²) in [5.41, 5.74) is -0.448. The van der Waals surface area contributed by atoms with E-state index in [1.807, 2.05) is 0 Å². The van der Waals surface area contributed by atoms with Gasteiger partial charge in [-0.15, -0.1) is 0 Å². The second-order valence-electron chi connectivity index (χ2n) is 6.63. The van der Waals surface area contributed by atoms with E-state index in [2.05, 4.69) is 0 Å². The van der Waals surface area contributed by atoms with Crippen LogP contribution in [0.4, 0.5) is 0 Å². The van der Waals surface area contributed by atoms with E-state index < -0.39 is 46.3 Å². The highest BCUT2D eigenvalue weighted by atomic mass is 32.2. The fourth-order valence-corrected chi connectivity index (χ4v) is 5.17. The molecule has 0 saturated carbocycles. The summed E-state index contributed by atoms with van der Waals surface area (Å²) < 4.78 is 47.2. The number of rotatable bonds is 4. The average molecular weight is 446 g/mol. The Morgan fingerprint density at radius 1 is 0.774 bits per heavy atom. The molecule has 0 fully saturated rings. The maximum absolute atomic E-state index is 13.6. The number of sulfone groups is 1. The number of carbonyl (C=O) groups is 4. The zero-order valence-electron chi connectivity index (χ0n) is 16.1. The molecule has 11 heteroatoms. The molecule has 0 aliphatic carbocycles. The number of hydrogen-bond acceptors (Lipinski definition) is 10. The molecular formula is C20H14O10S. The molecule has 2 aliphatic rings. The Balaban J connectivity index is 1.92. The summed E-state index contributed by atoms with van der Waals surface area (Å²) in [4.78, 5) is 46.4. The van der Waals surface area contributed by atoms with Crippen molar-refractivity contribution in [1.29, 1.82) is 0 Å². The van der Waals surface area contributed by atoms with Crippen LogP contribution in [0.5, 0.6) is 0 Å². The smallest absolute Gasteiger partial charge is 0.342 e. The van der Waals surface area contributed by atoms with Crippen LogP contribution in [0.2, 0.25) is 0 Å². The Morgan fingerprint density at radius 2 is 1.16 bits per heavy atom. The lowest BCUT2D eigenvalue weighted by Gasteiger charge is -2.17. The lowest BCUT2D eigenvalue weighted by Crippen LogP contribution is -2.15. The molecule has 4 rings (SSSR count). The molecular weight excluding hydrogens is 432 g/mol. The number of hydrogen-bond donors (Lipinski definition) is 0. The van der Waals surface area contributed by atoms with Crippen molar-refractivity contribution >= 4 is 33.7 Å². The second-order valence-corrected chi connectivity index (χ2v) is 8.52. The van der Waals surface area contributed by atoms with Crippen LogP contribution in [-0.4, -0.2) is 32.3 Å². The molecule has 2 aromatic rings. The van der Waals surface area contributed by atoms with Crippen LogP contribution in [0.25, 0.3) is 0 Å². The lowest BCUT2D eigenvalue weighted by molar-refractivity contribution is -0.166. The first-order valence-corrected chi connectivity index (χ1v) is 10.4. The summed E-state index contributed by atoms with van der Waals surface area (Å²) in [6.45, 7) is 2.17. The normalized spacial score (nSPS) is 19.2. The monoisotopic (exact) mass is 446 g/mol. The molecule has 0 saturated heterocycles. The van der Waals surface area contributed by atoms with Crippen molar-refractivity contribution in [2.45, 2.75) is 36.2 Å². The number of esters is 4. The fraction of sp³-hybridized carbons (Fsp3) is 0.200. The average Bonchev–Trinajstić information content (AvgIpc) is 3.18. The molecule has 0 aromatic heterocycles. The molecule has 2 aliphatic heterocycles. The van der Waals surface area contributed by atoms with E-state index in [1.54, 1.807) is 0 Å². The van der Waals surface area contributed by atoms with Crippen molar-refractivity contribution in [3.05, 3.63) is 58.7 Å². The first kappa shape index (κ1) is 20.5. The van der Waals surface area contributed by atoms with Gasteiger partial charge in [-0.05, 0) is 24.3 Å². The topological polar surface area (TPSA) is 139 Å². The number of cyclic esters (lactones) is 2. The van der Waals surface area contributed by atoms with Crippen molar-refractivity contribution in [1.82, 2.24) is 0 Å². The van der Waals surface area contributed by atoms with Crippen LogP contribution < -0.4 is 0 Å². The molecule has 2 heterocycles. The largest absolute Gasteiger partial charge is 0.421 e. The quantitative estimate of drug-likeness (QED) is 0.640. The van der Waals surface area contributed by atoms with E-state index >= 15 is 0 Å². The highest BCUT2D eigenvalue weighted by Gasteiger charge is 2.43. The van der Waals surface area contributed by atoms with Crippen molar-refractivity contribution in [2.75, 3.05) is 0 Å². The van der Waals surface area contributed by atoms with Gasteiger partial charge in [0.2, 0.25) is 9.84 Å². The molecule has 10 nitrogen and oxygen atoms in total. The highest BCUT2D eigenvalue weighted by Crippen LogP contribution is 2.42. The minimum atomic E-state index is -4.42. The lowest BCUT2D eigenvalue weighted by atomic mass is 10.1. The molecule has 160 valence electrons. The molecule has 0 amide bonds. The number of fused-ring (bicyclic) bond motifs is 2. The van der Waals surface area contributed by atoms with Gasteiger partial charge in [0.15, 0.2) is 0 Å². The van der Waals surface area contributed by atoms with Gasteiger partial charge in [-0.1, -0.05) is 12.1 Å². The molecule has 31 heavy (non-hydrogen) atoms. The Labute approximate surface area is 175 Å². The first-order valence-electron chi connectivity index (χ1n) is 8.88. The Kier molecular flexibility index (Phi) is 4.77. The molecule has 2 atom stereocenters. The van der Waals surface area contributed by atoms with Gasteiger partial charge in [0, 0.05) is 13.8 Å². The van der Waals surface area contributed by atoms with Crippen LogP contribution >= 0.6 is 0 Å². The van der Waals surface area contributed by atoms with Crippen molar-refractivity contribution in [2.24, 2.45) is 0 Å². The van der Waals surface area contributed by atoms with Crippen molar-refractivity contribution in [3.8, 4) is 0 Å². The Bertz CT molecular complexity index is 1170. The fourth-order valence-electron chi connectivity index (χ4n) is 3.42. The van der Waals surface area contributed by atoms with Gasteiger partial charge in [0.25, 0.3) is 12.6 Å². The van der Waals surface area contributed by atoms with E-state index in [-0.39, 0.29) is 32.0 Å². The SMILES string of the molecule is CC(=O)OC1OC(=O)c2cccc(S(=O)(=O)c3cccc4c3C(OC(C)=O)OC4=O)c21. The maximum Gasteiger partial charge on any atom is 0.342 e. The van der Waals surface area contributed by atoms with E-state index in [4.69, 9.17) is 18.9 Å². The molecule has 2 aromatic carbocycles. The number of carbonyl (C=O) groups excluding carboxylic acids is 4. The Morgan fingerprint density at radius 3 is 1.52 bits per heavy atom. The summed E-state index contributed by atoms with van der Waals surface area (Å²) in [6, 6.07) is 7.76. The molecule has 0 radical (unpaired) electrons. The minimum Gasteiger partial charge on any atom is -0.421 e. The van der Waals surface area contributed by atoms with Gasteiger partial charge in [-0.25, -0.2) is 18.0 Å². The van der Waals surface area contributed by atoms with Gasteiger partial charge >= 0.3 is 23.9 Å². The third-order valence-electron chi connectivity index (χ3n) is 4.60. The predicted molar refractivity (Wildman–Crippen MR) is 98.2 cm³/mol. The zero-order valence-corrected chi connectivity index (χ0v) is 16.9. The third kappa shape index (κ3) is 3.32. The van der Waals surface area contributed by atoms with Gasteiger partial charge in [-0.3, -0.25) is 9.59 Å². The van der Waals surface area contributed by atoms with Gasteiger partial charge in [0.05, 0.1) is 32.0 Å². The second kappa shape index (κ2) is 7.20. The van der Waals surface area contributed by atoms with E-state index in [0.29, 0.717) is 0 Å². The van der Waals surface area contributed by atoms with Crippen LogP contribution in [0.15, 0.2) is 46.2 Å². The molecule has 0 bridgehead atoms. The van der Waals surface area contributed by atoms with E-state index in [9.17, 15) is 27.6 Å². The Hall–Kier alpha value is -3.73. The highest BCUT2D eigenvalue weighted by molar-refractivity contribution is 7.91.